The lowest BCUT2D eigenvalue weighted by Gasteiger charge is -2.18. The van der Waals surface area contributed by atoms with Gasteiger partial charge in [-0.05, 0) is 25.8 Å². The van der Waals surface area contributed by atoms with Crippen LogP contribution in [0.3, 0.4) is 0 Å². The first-order valence-corrected chi connectivity index (χ1v) is 5.66. The second-order valence-electron chi connectivity index (χ2n) is 4.36. The summed E-state index contributed by atoms with van der Waals surface area (Å²) in [7, 11) is 0. The molecule has 0 amide bonds. The van der Waals surface area contributed by atoms with Gasteiger partial charge in [-0.3, -0.25) is 0 Å². The topological polar surface area (TPSA) is 21.3 Å². The molecule has 15 heavy (non-hydrogen) atoms. The summed E-state index contributed by atoms with van der Waals surface area (Å²) in [5.41, 5.74) is 2.69. The molecule has 1 saturated heterocycles. The highest BCUT2D eigenvalue weighted by Gasteiger charge is 2.17. The third-order valence-corrected chi connectivity index (χ3v) is 2.96. The van der Waals surface area contributed by atoms with Crippen molar-refractivity contribution in [2.24, 2.45) is 0 Å². The fourth-order valence-corrected chi connectivity index (χ4v) is 2.06. The van der Waals surface area contributed by atoms with Crippen molar-refractivity contribution >= 4 is 0 Å². The van der Waals surface area contributed by atoms with Crippen molar-refractivity contribution in [3.63, 3.8) is 0 Å². The number of hydrogen-bond acceptors (Lipinski definition) is 2. The zero-order valence-corrected chi connectivity index (χ0v) is 9.49. The van der Waals surface area contributed by atoms with Crippen LogP contribution in [0, 0.1) is 6.92 Å². The van der Waals surface area contributed by atoms with E-state index in [0.29, 0.717) is 12.1 Å². The van der Waals surface area contributed by atoms with Crippen molar-refractivity contribution in [1.29, 1.82) is 0 Å². The first-order chi connectivity index (χ1) is 7.25. The third-order valence-electron chi connectivity index (χ3n) is 2.96. The van der Waals surface area contributed by atoms with Gasteiger partial charge in [-0.15, -0.1) is 0 Å². The number of hydrogen-bond donors (Lipinski definition) is 1. The maximum atomic E-state index is 5.36. The molecular weight excluding hydrogens is 186 g/mol. The fourth-order valence-electron chi connectivity index (χ4n) is 2.06. The van der Waals surface area contributed by atoms with Crippen LogP contribution in [-0.4, -0.2) is 19.3 Å². The van der Waals surface area contributed by atoms with Crippen molar-refractivity contribution in [3.05, 3.63) is 35.4 Å². The molecule has 2 heteroatoms. The van der Waals surface area contributed by atoms with Crippen LogP contribution in [0.15, 0.2) is 24.3 Å². The summed E-state index contributed by atoms with van der Waals surface area (Å²) in [5.74, 6) is 0. The molecule has 1 unspecified atom stereocenters. The lowest BCUT2D eigenvalue weighted by Crippen LogP contribution is -2.31. The molecule has 1 aliphatic rings. The number of nitrogens with one attached hydrogen (secondary N) is 1. The molecule has 1 N–H and O–H groups in total. The molecule has 0 aromatic heterocycles. The summed E-state index contributed by atoms with van der Waals surface area (Å²) in [6.45, 7) is 6.11. The van der Waals surface area contributed by atoms with Crippen LogP contribution in [-0.2, 0) is 4.74 Å². The van der Waals surface area contributed by atoms with E-state index in [1.54, 1.807) is 0 Å². The van der Waals surface area contributed by atoms with Gasteiger partial charge < -0.3 is 10.1 Å². The minimum atomic E-state index is 0.414. The second kappa shape index (κ2) is 4.77. The van der Waals surface area contributed by atoms with Crippen molar-refractivity contribution < 1.29 is 4.74 Å². The molecule has 1 aromatic rings. The molecule has 2 atom stereocenters. The highest BCUT2D eigenvalue weighted by atomic mass is 16.5. The number of benzene rings is 1. The molecular formula is C13H19NO. The Morgan fingerprint density at radius 2 is 2.33 bits per heavy atom. The summed E-state index contributed by atoms with van der Waals surface area (Å²) < 4.78 is 5.36. The molecule has 0 saturated carbocycles. The zero-order chi connectivity index (χ0) is 10.7. The molecule has 2 nitrogen and oxygen atoms in total. The summed E-state index contributed by atoms with van der Waals surface area (Å²) in [6.07, 6.45) is 1.14. The van der Waals surface area contributed by atoms with Gasteiger partial charge in [0, 0.05) is 18.7 Å². The molecule has 1 aliphatic heterocycles. The SMILES string of the molecule is Cc1cccc([C@@H](C)NC2CCOC2)c1. The van der Waals surface area contributed by atoms with Gasteiger partial charge in [0.15, 0.2) is 0 Å². The Morgan fingerprint density at radius 1 is 1.47 bits per heavy atom. The minimum absolute atomic E-state index is 0.414. The van der Waals surface area contributed by atoms with Crippen molar-refractivity contribution in [3.8, 4) is 0 Å². The summed E-state index contributed by atoms with van der Waals surface area (Å²) >= 11 is 0. The second-order valence-corrected chi connectivity index (χ2v) is 4.36. The van der Waals surface area contributed by atoms with E-state index in [1.807, 2.05) is 0 Å². The lowest BCUT2D eigenvalue weighted by molar-refractivity contribution is 0.188. The van der Waals surface area contributed by atoms with E-state index in [2.05, 4.69) is 43.4 Å². The smallest absolute Gasteiger partial charge is 0.0620 e. The van der Waals surface area contributed by atoms with Crippen molar-refractivity contribution in [1.82, 2.24) is 5.32 Å². The maximum Gasteiger partial charge on any atom is 0.0620 e. The molecule has 0 bridgehead atoms. The van der Waals surface area contributed by atoms with Crippen LogP contribution in [0.2, 0.25) is 0 Å². The molecule has 1 aromatic carbocycles. The summed E-state index contributed by atoms with van der Waals surface area (Å²) in [5, 5.41) is 3.60. The third kappa shape index (κ3) is 2.80. The lowest BCUT2D eigenvalue weighted by atomic mass is 10.0. The molecule has 82 valence electrons. The molecule has 1 fully saturated rings. The molecule has 1 heterocycles. The van der Waals surface area contributed by atoms with E-state index in [-0.39, 0.29) is 0 Å². The van der Waals surface area contributed by atoms with E-state index < -0.39 is 0 Å². The van der Waals surface area contributed by atoms with Crippen LogP contribution >= 0.6 is 0 Å². The van der Waals surface area contributed by atoms with Gasteiger partial charge >= 0.3 is 0 Å². The Bertz CT molecular complexity index is 318. The fraction of sp³-hybridized carbons (Fsp3) is 0.538. The van der Waals surface area contributed by atoms with E-state index in [1.165, 1.54) is 11.1 Å². The van der Waals surface area contributed by atoms with E-state index in [0.717, 1.165) is 19.6 Å². The van der Waals surface area contributed by atoms with Crippen LogP contribution in [0.25, 0.3) is 0 Å². The van der Waals surface area contributed by atoms with Gasteiger partial charge in [0.05, 0.1) is 6.61 Å². The predicted molar refractivity (Wildman–Crippen MR) is 62.0 cm³/mol. The quantitative estimate of drug-likeness (QED) is 0.818. The zero-order valence-electron chi connectivity index (χ0n) is 9.49. The van der Waals surface area contributed by atoms with Gasteiger partial charge in [-0.25, -0.2) is 0 Å². The molecule has 2 rings (SSSR count). The monoisotopic (exact) mass is 205 g/mol. The van der Waals surface area contributed by atoms with E-state index in [4.69, 9.17) is 4.74 Å². The van der Waals surface area contributed by atoms with Crippen LogP contribution in [0.5, 0.6) is 0 Å². The van der Waals surface area contributed by atoms with Gasteiger partial charge in [-0.2, -0.15) is 0 Å². The first-order valence-electron chi connectivity index (χ1n) is 5.66. The van der Waals surface area contributed by atoms with E-state index in [9.17, 15) is 0 Å². The number of aryl methyl sites for hydroxylation is 1. The highest BCUT2D eigenvalue weighted by Crippen LogP contribution is 2.16. The highest BCUT2D eigenvalue weighted by molar-refractivity contribution is 5.24. The number of ether oxygens (including phenoxy) is 1. The van der Waals surface area contributed by atoms with Crippen molar-refractivity contribution in [2.45, 2.75) is 32.4 Å². The van der Waals surface area contributed by atoms with Gasteiger partial charge in [-0.1, -0.05) is 29.8 Å². The summed E-state index contributed by atoms with van der Waals surface area (Å²) in [4.78, 5) is 0. The first kappa shape index (κ1) is 10.7. The Hall–Kier alpha value is -0.860. The minimum Gasteiger partial charge on any atom is -0.380 e. The average Bonchev–Trinajstić information content (AvgIpc) is 2.70. The largest absolute Gasteiger partial charge is 0.380 e. The summed E-state index contributed by atoms with van der Waals surface area (Å²) in [6, 6.07) is 9.62. The maximum absolute atomic E-state index is 5.36. The number of rotatable bonds is 3. The van der Waals surface area contributed by atoms with Crippen LogP contribution in [0.1, 0.15) is 30.5 Å². The Labute approximate surface area is 91.6 Å². The van der Waals surface area contributed by atoms with Crippen LogP contribution in [0.4, 0.5) is 0 Å². The Morgan fingerprint density at radius 3 is 3.00 bits per heavy atom. The standard InChI is InChI=1S/C13H19NO/c1-10-4-3-5-12(8-10)11(2)14-13-6-7-15-9-13/h3-5,8,11,13-14H,6-7,9H2,1-2H3/t11-,13?/m1/s1. The van der Waals surface area contributed by atoms with E-state index >= 15 is 0 Å². The Kier molecular flexibility index (Phi) is 3.39. The van der Waals surface area contributed by atoms with Crippen LogP contribution < -0.4 is 5.32 Å². The predicted octanol–water partition coefficient (Wildman–Crippen LogP) is 2.43. The van der Waals surface area contributed by atoms with Gasteiger partial charge in [0.2, 0.25) is 0 Å². The Balaban J connectivity index is 1.97. The van der Waals surface area contributed by atoms with Gasteiger partial charge in [0.25, 0.3) is 0 Å². The molecule has 0 spiro atoms. The van der Waals surface area contributed by atoms with Crippen molar-refractivity contribution in [2.75, 3.05) is 13.2 Å². The molecule has 0 radical (unpaired) electrons. The normalized spacial score (nSPS) is 22.9. The molecule has 0 aliphatic carbocycles. The average molecular weight is 205 g/mol. The van der Waals surface area contributed by atoms with Gasteiger partial charge in [0.1, 0.15) is 0 Å².